The Bertz CT molecular complexity index is 161. The van der Waals surface area contributed by atoms with E-state index >= 15 is 0 Å². The Hall–Kier alpha value is -0.560. The van der Waals surface area contributed by atoms with Gasteiger partial charge in [0, 0.05) is 11.8 Å². The summed E-state index contributed by atoms with van der Waals surface area (Å²) in [6.45, 7) is 0. The average molecular weight is 136 g/mol. The molecule has 1 heteroatoms. The largest absolute Gasteiger partial charge is 0.392 e. The third-order valence-corrected chi connectivity index (χ3v) is 2.54. The van der Waals surface area contributed by atoms with Gasteiger partial charge in [-0.2, -0.15) is 0 Å². The van der Waals surface area contributed by atoms with Crippen LogP contribution in [0.1, 0.15) is 12.8 Å². The second-order valence-electron chi connectivity index (χ2n) is 3.17. The maximum atomic E-state index is 9.59. The van der Waals surface area contributed by atoms with Crippen molar-refractivity contribution in [2.24, 2.45) is 11.8 Å². The van der Waals surface area contributed by atoms with Crippen molar-refractivity contribution >= 4 is 0 Å². The molecule has 0 aliphatic heterocycles. The van der Waals surface area contributed by atoms with E-state index in [1.54, 1.807) is 0 Å². The van der Waals surface area contributed by atoms with Crippen LogP contribution in [0.2, 0.25) is 0 Å². The minimum absolute atomic E-state index is 0.102. The number of hydrogen-bond donors (Lipinski definition) is 1. The van der Waals surface area contributed by atoms with Gasteiger partial charge in [0.2, 0.25) is 0 Å². The predicted molar refractivity (Wildman–Crippen MR) is 40.5 cm³/mol. The zero-order valence-electron chi connectivity index (χ0n) is 5.90. The molecule has 0 aromatic heterocycles. The maximum Gasteiger partial charge on any atom is 0.0665 e. The summed E-state index contributed by atoms with van der Waals surface area (Å²) < 4.78 is 0. The molecule has 0 amide bonds. The van der Waals surface area contributed by atoms with Crippen molar-refractivity contribution in [2.75, 3.05) is 0 Å². The van der Waals surface area contributed by atoms with Crippen LogP contribution in [0.4, 0.5) is 0 Å². The highest BCUT2D eigenvalue weighted by molar-refractivity contribution is 5.15. The summed E-state index contributed by atoms with van der Waals surface area (Å²) in [5, 5.41) is 9.59. The van der Waals surface area contributed by atoms with Gasteiger partial charge in [0.1, 0.15) is 0 Å². The SMILES string of the molecule is OC1[C@@H]2C=CC=C[C@H]1CC2. The lowest BCUT2D eigenvalue weighted by atomic mass is 10.0. The van der Waals surface area contributed by atoms with Crippen molar-refractivity contribution in [3.8, 4) is 0 Å². The molecule has 2 aliphatic carbocycles. The van der Waals surface area contributed by atoms with Crippen LogP contribution in [0.15, 0.2) is 24.3 Å². The van der Waals surface area contributed by atoms with E-state index in [0.717, 1.165) is 12.8 Å². The van der Waals surface area contributed by atoms with E-state index < -0.39 is 0 Å². The third kappa shape index (κ3) is 0.816. The summed E-state index contributed by atoms with van der Waals surface area (Å²) in [6.07, 6.45) is 10.6. The summed E-state index contributed by atoms with van der Waals surface area (Å²) in [7, 11) is 0. The van der Waals surface area contributed by atoms with E-state index in [-0.39, 0.29) is 6.10 Å². The maximum absolute atomic E-state index is 9.59. The van der Waals surface area contributed by atoms with Crippen LogP contribution in [-0.2, 0) is 0 Å². The Morgan fingerprint density at radius 1 is 1.00 bits per heavy atom. The monoisotopic (exact) mass is 136 g/mol. The highest BCUT2D eigenvalue weighted by Gasteiger charge is 2.31. The molecule has 0 radical (unpaired) electrons. The van der Waals surface area contributed by atoms with Crippen LogP contribution in [0.3, 0.4) is 0 Å². The molecular weight excluding hydrogens is 124 g/mol. The van der Waals surface area contributed by atoms with Gasteiger partial charge in [-0.25, -0.2) is 0 Å². The number of hydrogen-bond acceptors (Lipinski definition) is 1. The smallest absolute Gasteiger partial charge is 0.0665 e. The fourth-order valence-corrected chi connectivity index (χ4v) is 1.88. The molecule has 0 aromatic carbocycles. The second-order valence-corrected chi connectivity index (χ2v) is 3.17. The minimum atomic E-state index is -0.102. The van der Waals surface area contributed by atoms with Gasteiger partial charge in [0.05, 0.1) is 6.10 Å². The van der Waals surface area contributed by atoms with Crippen LogP contribution in [0, 0.1) is 11.8 Å². The topological polar surface area (TPSA) is 20.2 Å². The van der Waals surface area contributed by atoms with E-state index in [2.05, 4.69) is 12.2 Å². The third-order valence-electron chi connectivity index (χ3n) is 2.54. The molecule has 2 rings (SSSR count). The molecule has 0 spiro atoms. The Kier molecular flexibility index (Phi) is 1.38. The zero-order chi connectivity index (χ0) is 6.97. The first-order valence-electron chi connectivity index (χ1n) is 3.91. The number of aliphatic hydroxyl groups is 1. The fraction of sp³-hybridized carbons (Fsp3) is 0.556. The van der Waals surface area contributed by atoms with Gasteiger partial charge in [0.25, 0.3) is 0 Å². The second kappa shape index (κ2) is 2.24. The summed E-state index contributed by atoms with van der Waals surface area (Å²) in [4.78, 5) is 0. The molecule has 2 bridgehead atoms. The molecule has 3 atom stereocenters. The number of allylic oxidation sites excluding steroid dienone is 2. The molecule has 1 fully saturated rings. The molecule has 1 saturated carbocycles. The Morgan fingerprint density at radius 3 is 2.00 bits per heavy atom. The molecule has 0 heterocycles. The summed E-state index contributed by atoms with van der Waals surface area (Å²) >= 11 is 0. The standard InChI is InChI=1S/C9H12O/c10-9-7-3-1-2-4-8(9)6-5-7/h1-4,7-10H,5-6H2/t7-,8+,9?. The summed E-state index contributed by atoms with van der Waals surface area (Å²) in [5.74, 6) is 0.861. The molecule has 0 aromatic rings. The van der Waals surface area contributed by atoms with Crippen molar-refractivity contribution in [3.63, 3.8) is 0 Å². The predicted octanol–water partition coefficient (Wildman–Crippen LogP) is 1.50. The Morgan fingerprint density at radius 2 is 1.50 bits per heavy atom. The number of rotatable bonds is 0. The van der Waals surface area contributed by atoms with Crippen molar-refractivity contribution < 1.29 is 5.11 Å². The van der Waals surface area contributed by atoms with Crippen LogP contribution in [0.5, 0.6) is 0 Å². The first-order chi connectivity index (χ1) is 4.88. The van der Waals surface area contributed by atoms with Crippen molar-refractivity contribution in [2.45, 2.75) is 18.9 Å². The lowest BCUT2D eigenvalue weighted by Crippen LogP contribution is -2.16. The minimum Gasteiger partial charge on any atom is -0.392 e. The van der Waals surface area contributed by atoms with Gasteiger partial charge in [-0.05, 0) is 12.8 Å². The van der Waals surface area contributed by atoms with E-state index in [0.29, 0.717) is 11.8 Å². The van der Waals surface area contributed by atoms with Crippen molar-refractivity contribution in [1.82, 2.24) is 0 Å². The summed E-state index contributed by atoms with van der Waals surface area (Å²) in [6, 6.07) is 0. The van der Waals surface area contributed by atoms with Gasteiger partial charge in [0.15, 0.2) is 0 Å². The normalized spacial score (nSPS) is 43.9. The van der Waals surface area contributed by atoms with Crippen LogP contribution in [0.25, 0.3) is 0 Å². The van der Waals surface area contributed by atoms with Crippen LogP contribution >= 0.6 is 0 Å². The number of aliphatic hydroxyl groups excluding tert-OH is 1. The van der Waals surface area contributed by atoms with E-state index in [9.17, 15) is 5.11 Å². The average Bonchev–Trinajstić information content (AvgIpc) is 2.06. The quantitative estimate of drug-likeness (QED) is 0.535. The highest BCUT2D eigenvalue weighted by atomic mass is 16.3. The highest BCUT2D eigenvalue weighted by Crippen LogP contribution is 2.34. The molecule has 54 valence electrons. The first kappa shape index (κ1) is 6.17. The van der Waals surface area contributed by atoms with Gasteiger partial charge in [-0.3, -0.25) is 0 Å². The van der Waals surface area contributed by atoms with Gasteiger partial charge >= 0.3 is 0 Å². The van der Waals surface area contributed by atoms with Crippen molar-refractivity contribution in [1.29, 1.82) is 0 Å². The van der Waals surface area contributed by atoms with E-state index in [1.807, 2.05) is 12.2 Å². The van der Waals surface area contributed by atoms with Crippen LogP contribution in [-0.4, -0.2) is 11.2 Å². The Labute approximate surface area is 61.1 Å². The fourth-order valence-electron chi connectivity index (χ4n) is 1.88. The lowest BCUT2D eigenvalue weighted by molar-refractivity contribution is 0.127. The van der Waals surface area contributed by atoms with Gasteiger partial charge in [-0.1, -0.05) is 24.3 Å². The molecule has 10 heavy (non-hydrogen) atoms. The molecule has 1 unspecified atom stereocenters. The van der Waals surface area contributed by atoms with Crippen molar-refractivity contribution in [3.05, 3.63) is 24.3 Å². The van der Waals surface area contributed by atoms with E-state index in [1.165, 1.54) is 0 Å². The van der Waals surface area contributed by atoms with Gasteiger partial charge < -0.3 is 5.11 Å². The zero-order valence-corrected chi connectivity index (χ0v) is 5.90. The molecule has 1 N–H and O–H groups in total. The summed E-state index contributed by atoms with van der Waals surface area (Å²) in [5.41, 5.74) is 0. The molecule has 2 aliphatic rings. The first-order valence-corrected chi connectivity index (χ1v) is 3.91. The Balaban J connectivity index is 2.26. The van der Waals surface area contributed by atoms with Gasteiger partial charge in [-0.15, -0.1) is 0 Å². The lowest BCUT2D eigenvalue weighted by Gasteiger charge is -2.11. The van der Waals surface area contributed by atoms with E-state index in [4.69, 9.17) is 0 Å². The molecular formula is C9H12O. The number of fused-ring (bicyclic) bond motifs is 2. The van der Waals surface area contributed by atoms with Crippen LogP contribution < -0.4 is 0 Å². The molecule has 0 saturated heterocycles. The molecule has 1 nitrogen and oxygen atoms in total.